The molecule has 0 aromatic rings. The molecule has 15 heavy (non-hydrogen) atoms. The first kappa shape index (κ1) is 15.8. The van der Waals surface area contributed by atoms with Crippen LogP contribution in [0.1, 0.15) is 0 Å². The van der Waals surface area contributed by atoms with Gasteiger partial charge in [0.2, 0.25) is 0 Å². The van der Waals surface area contributed by atoms with Gasteiger partial charge in [-0.2, -0.15) is 0 Å². The maximum atomic E-state index is 12.1. The Hall–Kier alpha value is 0.760. The highest BCUT2D eigenvalue weighted by molar-refractivity contribution is 7.55. The molecule has 0 aromatic heterocycles. The molecule has 1 unspecified atom stereocenters. The molecule has 0 aliphatic heterocycles. The molecule has 0 rings (SSSR count). The van der Waals surface area contributed by atoms with Crippen molar-refractivity contribution in [3.8, 4) is 0 Å². The second kappa shape index (κ2) is 8.86. The molecule has 90 valence electrons. The van der Waals surface area contributed by atoms with Crippen LogP contribution in [0.2, 0.25) is 0 Å². The minimum absolute atomic E-state index is 0.221. The van der Waals surface area contributed by atoms with E-state index in [4.69, 9.17) is 39.3 Å². The van der Waals surface area contributed by atoms with Crippen LogP contribution in [0.4, 0.5) is 0 Å². The average Bonchev–Trinajstić information content (AvgIpc) is 2.18. The minimum atomic E-state index is -2.81. The molecule has 0 bridgehead atoms. The van der Waals surface area contributed by atoms with Crippen LogP contribution in [0, 0.1) is 0 Å². The lowest BCUT2D eigenvalue weighted by Gasteiger charge is -2.26. The lowest BCUT2D eigenvalue weighted by Crippen LogP contribution is -2.25. The summed E-state index contributed by atoms with van der Waals surface area (Å²) in [5.74, 6) is 0.785. The third kappa shape index (κ3) is 6.83. The van der Waals surface area contributed by atoms with Gasteiger partial charge in [0.1, 0.15) is 0 Å². The van der Waals surface area contributed by atoms with E-state index < -0.39 is 7.52 Å². The van der Waals surface area contributed by atoms with E-state index in [1.54, 1.807) is 17.4 Å². The SMILES string of the molecule is CP(=O)(OC/C=C/Cl)N(CCCl)CCCl. The first-order valence-electron chi connectivity index (χ1n) is 4.43. The van der Waals surface area contributed by atoms with Gasteiger partial charge in [-0.25, -0.2) is 4.67 Å². The Bertz CT molecular complexity index is 232. The van der Waals surface area contributed by atoms with Crippen molar-refractivity contribution in [2.75, 3.05) is 38.1 Å². The first-order chi connectivity index (χ1) is 7.08. The molecule has 0 spiro atoms. The Labute approximate surface area is 106 Å². The minimum Gasteiger partial charge on any atom is -0.313 e. The topological polar surface area (TPSA) is 29.5 Å². The van der Waals surface area contributed by atoms with E-state index in [1.165, 1.54) is 5.54 Å². The van der Waals surface area contributed by atoms with Crippen LogP contribution in [0.15, 0.2) is 11.6 Å². The zero-order chi connectivity index (χ0) is 11.7. The second-order valence-corrected chi connectivity index (χ2v) is 6.23. The third-order valence-corrected chi connectivity index (χ3v) is 4.27. The van der Waals surface area contributed by atoms with E-state index in [0.29, 0.717) is 24.8 Å². The van der Waals surface area contributed by atoms with E-state index in [9.17, 15) is 4.57 Å². The third-order valence-electron chi connectivity index (χ3n) is 1.70. The molecule has 0 radical (unpaired) electrons. The molecule has 0 fully saturated rings. The molecule has 0 N–H and O–H groups in total. The predicted molar refractivity (Wildman–Crippen MR) is 67.5 cm³/mol. The Balaban J connectivity index is 4.27. The maximum Gasteiger partial charge on any atom is 0.269 e. The number of halogens is 3. The van der Waals surface area contributed by atoms with Crippen molar-refractivity contribution in [2.24, 2.45) is 0 Å². The zero-order valence-corrected chi connectivity index (χ0v) is 11.7. The number of hydrogen-bond donors (Lipinski definition) is 0. The van der Waals surface area contributed by atoms with E-state index >= 15 is 0 Å². The van der Waals surface area contributed by atoms with Gasteiger partial charge in [0.05, 0.1) is 6.61 Å². The van der Waals surface area contributed by atoms with Gasteiger partial charge in [-0.3, -0.25) is 4.57 Å². The number of rotatable bonds is 8. The van der Waals surface area contributed by atoms with Crippen LogP contribution in [0.25, 0.3) is 0 Å². The molecule has 0 aliphatic carbocycles. The summed E-state index contributed by atoms with van der Waals surface area (Å²) in [4.78, 5) is 0. The standard InChI is InChI=1S/C8H15Cl3NO2P/c1-15(13,14-8-2-3-9)12(6-4-10)7-5-11/h2-3H,4-8H2,1H3/b3-2+. The summed E-state index contributed by atoms with van der Waals surface area (Å²) in [5.41, 5.74) is 1.33. The molecular formula is C8H15Cl3NO2P. The highest BCUT2D eigenvalue weighted by Gasteiger charge is 2.24. The van der Waals surface area contributed by atoms with E-state index in [0.717, 1.165) is 0 Å². The van der Waals surface area contributed by atoms with E-state index in [-0.39, 0.29) is 6.61 Å². The van der Waals surface area contributed by atoms with Gasteiger partial charge < -0.3 is 4.52 Å². The van der Waals surface area contributed by atoms with Gasteiger partial charge in [0.15, 0.2) is 0 Å². The van der Waals surface area contributed by atoms with Gasteiger partial charge in [0.25, 0.3) is 7.52 Å². The van der Waals surface area contributed by atoms with Crippen molar-refractivity contribution in [3.05, 3.63) is 11.6 Å². The Kier molecular flexibility index (Phi) is 9.31. The Morgan fingerprint density at radius 3 is 2.27 bits per heavy atom. The Morgan fingerprint density at radius 1 is 1.33 bits per heavy atom. The van der Waals surface area contributed by atoms with Gasteiger partial charge in [-0.05, 0) is 6.08 Å². The zero-order valence-electron chi connectivity index (χ0n) is 8.54. The van der Waals surface area contributed by atoms with Crippen LogP contribution in [-0.4, -0.2) is 42.8 Å². The molecule has 1 atom stereocenters. The van der Waals surface area contributed by atoms with Crippen LogP contribution in [0.3, 0.4) is 0 Å². The van der Waals surface area contributed by atoms with Crippen LogP contribution in [-0.2, 0) is 9.09 Å². The fourth-order valence-corrected chi connectivity index (χ4v) is 3.14. The van der Waals surface area contributed by atoms with Crippen molar-refractivity contribution in [2.45, 2.75) is 0 Å². The molecule has 7 heteroatoms. The normalized spacial score (nSPS) is 16.1. The van der Waals surface area contributed by atoms with Crippen molar-refractivity contribution in [3.63, 3.8) is 0 Å². The monoisotopic (exact) mass is 293 g/mol. The molecule has 0 aromatic carbocycles. The van der Waals surface area contributed by atoms with E-state index in [1.807, 2.05) is 0 Å². The predicted octanol–water partition coefficient (Wildman–Crippen LogP) is 3.36. The molecule has 0 heterocycles. The largest absolute Gasteiger partial charge is 0.313 e. The molecule has 0 saturated carbocycles. The highest BCUT2D eigenvalue weighted by atomic mass is 35.5. The molecular weight excluding hydrogens is 279 g/mol. The highest BCUT2D eigenvalue weighted by Crippen LogP contribution is 2.46. The van der Waals surface area contributed by atoms with Crippen LogP contribution in [0.5, 0.6) is 0 Å². The molecule has 0 saturated heterocycles. The maximum absolute atomic E-state index is 12.1. The van der Waals surface area contributed by atoms with Crippen molar-refractivity contribution < 1.29 is 9.09 Å². The summed E-state index contributed by atoms with van der Waals surface area (Å²) >= 11 is 16.5. The summed E-state index contributed by atoms with van der Waals surface area (Å²) < 4.78 is 19.0. The average molecular weight is 295 g/mol. The molecule has 3 nitrogen and oxygen atoms in total. The van der Waals surface area contributed by atoms with Crippen molar-refractivity contribution in [1.82, 2.24) is 4.67 Å². The molecule has 0 amide bonds. The smallest absolute Gasteiger partial charge is 0.269 e. The number of nitrogens with zero attached hydrogens (tertiary/aromatic N) is 1. The van der Waals surface area contributed by atoms with Gasteiger partial charge >= 0.3 is 0 Å². The quantitative estimate of drug-likeness (QED) is 0.508. The van der Waals surface area contributed by atoms with Crippen molar-refractivity contribution in [1.29, 1.82) is 0 Å². The van der Waals surface area contributed by atoms with E-state index in [2.05, 4.69) is 0 Å². The fraction of sp³-hybridized carbons (Fsp3) is 0.750. The second-order valence-electron chi connectivity index (χ2n) is 2.79. The van der Waals surface area contributed by atoms with Crippen LogP contribution >= 0.6 is 42.3 Å². The number of alkyl halides is 2. The lowest BCUT2D eigenvalue weighted by atomic mass is 10.6. The fourth-order valence-electron chi connectivity index (χ4n) is 0.970. The summed E-state index contributed by atoms with van der Waals surface area (Å²) in [7, 11) is -2.81. The van der Waals surface area contributed by atoms with Gasteiger partial charge in [-0.1, -0.05) is 11.6 Å². The summed E-state index contributed by atoms with van der Waals surface area (Å²) in [5, 5.41) is 0. The lowest BCUT2D eigenvalue weighted by molar-refractivity contribution is 0.297. The summed E-state index contributed by atoms with van der Waals surface area (Å²) in [6.07, 6.45) is 1.58. The van der Waals surface area contributed by atoms with Crippen molar-refractivity contribution >= 4 is 42.3 Å². The summed E-state index contributed by atoms with van der Waals surface area (Å²) in [6.45, 7) is 2.76. The summed E-state index contributed by atoms with van der Waals surface area (Å²) in [6, 6.07) is 0. The first-order valence-corrected chi connectivity index (χ1v) is 7.96. The number of hydrogen-bond acceptors (Lipinski definition) is 2. The molecule has 0 aliphatic rings. The van der Waals surface area contributed by atoms with Crippen LogP contribution < -0.4 is 0 Å². The van der Waals surface area contributed by atoms with Gasteiger partial charge in [0, 0.05) is 37.0 Å². The van der Waals surface area contributed by atoms with Gasteiger partial charge in [-0.15, -0.1) is 23.2 Å². The Morgan fingerprint density at radius 2 is 1.87 bits per heavy atom.